The largest absolute Gasteiger partial charge is 0.497 e. The van der Waals surface area contributed by atoms with Gasteiger partial charge in [0.05, 0.1) is 12.8 Å². The van der Waals surface area contributed by atoms with Crippen molar-refractivity contribution in [2.45, 2.75) is 20.0 Å². The van der Waals surface area contributed by atoms with E-state index in [2.05, 4.69) is 15.3 Å². The minimum atomic E-state index is -0.0258. The van der Waals surface area contributed by atoms with Gasteiger partial charge in [-0.15, -0.1) is 0 Å². The summed E-state index contributed by atoms with van der Waals surface area (Å²) in [4.78, 5) is 18.1. The molecule has 5 nitrogen and oxygen atoms in total. The van der Waals surface area contributed by atoms with E-state index in [0.29, 0.717) is 13.1 Å². The maximum Gasteiger partial charge on any atom is 0.304 e. The quantitative estimate of drug-likeness (QED) is 0.858. The topological polar surface area (TPSA) is 67.0 Å². The Bertz CT molecular complexity index is 577. The molecule has 0 bridgehead atoms. The maximum absolute atomic E-state index is 11.0. The number of pyridine rings is 1. The van der Waals surface area contributed by atoms with Gasteiger partial charge in [-0.05, 0) is 6.92 Å². The van der Waals surface area contributed by atoms with Crippen LogP contribution in [0.4, 0.5) is 0 Å². The highest BCUT2D eigenvalue weighted by molar-refractivity contribution is 7.07. The second-order valence-corrected chi connectivity index (χ2v) is 4.76. The average molecular weight is 265 g/mol. The SMILES string of the molecule is COc1cc(C)nc(CNCc2csc(=O)[nH]2)c1. The Morgan fingerprint density at radius 1 is 1.44 bits per heavy atom. The molecule has 2 heterocycles. The van der Waals surface area contributed by atoms with Crippen LogP contribution in [-0.2, 0) is 13.1 Å². The number of aryl methyl sites for hydroxylation is 1. The third-order valence-corrected chi connectivity index (χ3v) is 3.13. The van der Waals surface area contributed by atoms with Crippen molar-refractivity contribution in [1.82, 2.24) is 15.3 Å². The fourth-order valence-electron chi connectivity index (χ4n) is 1.64. The minimum absolute atomic E-state index is 0.0258. The van der Waals surface area contributed by atoms with Gasteiger partial charge in [-0.25, -0.2) is 0 Å². The molecule has 0 unspecified atom stereocenters. The van der Waals surface area contributed by atoms with Gasteiger partial charge in [-0.2, -0.15) is 0 Å². The summed E-state index contributed by atoms with van der Waals surface area (Å²) in [5, 5.41) is 5.05. The van der Waals surface area contributed by atoms with Crippen molar-refractivity contribution in [3.63, 3.8) is 0 Å². The van der Waals surface area contributed by atoms with Crippen LogP contribution in [0.25, 0.3) is 0 Å². The van der Waals surface area contributed by atoms with Crippen LogP contribution in [0.5, 0.6) is 5.75 Å². The molecule has 2 aromatic rings. The normalized spacial score (nSPS) is 10.6. The van der Waals surface area contributed by atoms with Crippen molar-refractivity contribution >= 4 is 11.3 Å². The monoisotopic (exact) mass is 265 g/mol. The van der Waals surface area contributed by atoms with E-state index < -0.39 is 0 Å². The molecule has 0 aliphatic rings. The molecule has 0 fully saturated rings. The van der Waals surface area contributed by atoms with Gasteiger partial charge >= 0.3 is 4.87 Å². The number of rotatable bonds is 5. The predicted octanol–water partition coefficient (Wildman–Crippen LogP) is 1.44. The lowest BCUT2D eigenvalue weighted by Gasteiger charge is -2.06. The number of hydrogen-bond donors (Lipinski definition) is 2. The number of thiazole rings is 1. The summed E-state index contributed by atoms with van der Waals surface area (Å²) in [6.07, 6.45) is 0. The number of aromatic amines is 1. The molecular formula is C12H15N3O2S. The first-order valence-electron chi connectivity index (χ1n) is 5.56. The summed E-state index contributed by atoms with van der Waals surface area (Å²) in [7, 11) is 1.64. The Labute approximate surface area is 109 Å². The number of H-pyrrole nitrogens is 1. The van der Waals surface area contributed by atoms with Crippen molar-refractivity contribution in [2.24, 2.45) is 0 Å². The van der Waals surface area contributed by atoms with Crippen molar-refractivity contribution in [3.05, 3.63) is 44.3 Å². The minimum Gasteiger partial charge on any atom is -0.497 e. The molecule has 0 aromatic carbocycles. The number of nitrogens with one attached hydrogen (secondary N) is 2. The summed E-state index contributed by atoms with van der Waals surface area (Å²) in [6, 6.07) is 3.79. The Morgan fingerprint density at radius 2 is 2.28 bits per heavy atom. The fourth-order valence-corrected chi connectivity index (χ4v) is 2.22. The summed E-state index contributed by atoms with van der Waals surface area (Å²) in [5.74, 6) is 0.809. The standard InChI is InChI=1S/C12H15N3O2S/c1-8-3-11(17-2)4-9(14-8)5-13-6-10-7-18-12(16)15-10/h3-4,7,13H,5-6H2,1-2H3,(H,15,16). The van der Waals surface area contributed by atoms with E-state index in [1.165, 1.54) is 11.3 Å². The zero-order chi connectivity index (χ0) is 13.0. The highest BCUT2D eigenvalue weighted by Gasteiger charge is 2.01. The molecule has 0 atom stereocenters. The van der Waals surface area contributed by atoms with E-state index in [1.54, 1.807) is 7.11 Å². The molecule has 0 saturated carbocycles. The molecule has 6 heteroatoms. The maximum atomic E-state index is 11.0. The predicted molar refractivity (Wildman–Crippen MR) is 71.0 cm³/mol. The molecular weight excluding hydrogens is 250 g/mol. The second kappa shape index (κ2) is 5.79. The number of nitrogens with zero attached hydrogens (tertiary/aromatic N) is 1. The molecule has 0 saturated heterocycles. The van der Waals surface area contributed by atoms with E-state index in [1.807, 2.05) is 24.4 Å². The zero-order valence-electron chi connectivity index (χ0n) is 10.3. The van der Waals surface area contributed by atoms with Crippen molar-refractivity contribution in [3.8, 4) is 5.75 Å². The first kappa shape index (κ1) is 12.8. The van der Waals surface area contributed by atoms with Crippen molar-refractivity contribution in [2.75, 3.05) is 7.11 Å². The van der Waals surface area contributed by atoms with Crippen LogP contribution in [0, 0.1) is 6.92 Å². The first-order valence-corrected chi connectivity index (χ1v) is 6.44. The Hall–Kier alpha value is -1.66. The van der Waals surface area contributed by atoms with Crippen LogP contribution in [0.3, 0.4) is 0 Å². The highest BCUT2D eigenvalue weighted by Crippen LogP contribution is 2.13. The molecule has 18 heavy (non-hydrogen) atoms. The lowest BCUT2D eigenvalue weighted by Crippen LogP contribution is -2.15. The van der Waals surface area contributed by atoms with Crippen LogP contribution >= 0.6 is 11.3 Å². The van der Waals surface area contributed by atoms with Crippen LogP contribution in [0.2, 0.25) is 0 Å². The van der Waals surface area contributed by atoms with Crippen LogP contribution in [0.1, 0.15) is 17.1 Å². The van der Waals surface area contributed by atoms with E-state index in [4.69, 9.17) is 4.74 Å². The number of hydrogen-bond acceptors (Lipinski definition) is 5. The van der Waals surface area contributed by atoms with Gasteiger partial charge < -0.3 is 15.0 Å². The van der Waals surface area contributed by atoms with E-state index in [-0.39, 0.29) is 4.87 Å². The molecule has 0 amide bonds. The summed E-state index contributed by atoms with van der Waals surface area (Å²) < 4.78 is 5.19. The van der Waals surface area contributed by atoms with Gasteiger partial charge in [0, 0.05) is 42.0 Å². The van der Waals surface area contributed by atoms with Gasteiger partial charge in [0.2, 0.25) is 0 Å². The van der Waals surface area contributed by atoms with Gasteiger partial charge in [-0.1, -0.05) is 11.3 Å². The summed E-state index contributed by atoms with van der Waals surface area (Å²) in [6.45, 7) is 3.19. The molecule has 2 rings (SSSR count). The van der Waals surface area contributed by atoms with Crippen LogP contribution in [0.15, 0.2) is 22.3 Å². The average Bonchev–Trinajstić information content (AvgIpc) is 2.74. The van der Waals surface area contributed by atoms with Gasteiger partial charge in [0.1, 0.15) is 5.75 Å². The fraction of sp³-hybridized carbons (Fsp3) is 0.333. The van der Waals surface area contributed by atoms with E-state index in [0.717, 1.165) is 22.8 Å². The van der Waals surface area contributed by atoms with Gasteiger partial charge in [-0.3, -0.25) is 9.78 Å². The van der Waals surface area contributed by atoms with Crippen molar-refractivity contribution < 1.29 is 4.74 Å². The van der Waals surface area contributed by atoms with E-state index in [9.17, 15) is 4.79 Å². The van der Waals surface area contributed by atoms with Crippen LogP contribution < -0.4 is 14.9 Å². The number of methoxy groups -OCH3 is 1. The zero-order valence-corrected chi connectivity index (χ0v) is 11.1. The van der Waals surface area contributed by atoms with Crippen molar-refractivity contribution in [1.29, 1.82) is 0 Å². The molecule has 96 valence electrons. The third kappa shape index (κ3) is 3.41. The Morgan fingerprint density at radius 3 is 2.94 bits per heavy atom. The smallest absolute Gasteiger partial charge is 0.304 e. The number of aromatic nitrogens is 2. The molecule has 0 aliphatic heterocycles. The molecule has 2 N–H and O–H groups in total. The highest BCUT2D eigenvalue weighted by atomic mass is 32.1. The lowest BCUT2D eigenvalue weighted by molar-refractivity contribution is 0.412. The summed E-state index contributed by atoms with van der Waals surface area (Å²) >= 11 is 1.17. The molecule has 0 radical (unpaired) electrons. The summed E-state index contributed by atoms with van der Waals surface area (Å²) in [5.41, 5.74) is 2.74. The number of ether oxygens (including phenoxy) is 1. The Kier molecular flexibility index (Phi) is 4.11. The van der Waals surface area contributed by atoms with E-state index >= 15 is 0 Å². The second-order valence-electron chi connectivity index (χ2n) is 3.92. The van der Waals surface area contributed by atoms with Crippen LogP contribution in [-0.4, -0.2) is 17.1 Å². The Balaban J connectivity index is 1.93. The first-order chi connectivity index (χ1) is 8.67. The molecule has 0 spiro atoms. The third-order valence-electron chi connectivity index (χ3n) is 2.41. The molecule has 2 aromatic heterocycles. The molecule has 0 aliphatic carbocycles. The lowest BCUT2D eigenvalue weighted by atomic mass is 10.3. The van der Waals surface area contributed by atoms with Gasteiger partial charge in [0.15, 0.2) is 0 Å². The van der Waals surface area contributed by atoms with Gasteiger partial charge in [0.25, 0.3) is 0 Å².